The molecule has 0 saturated carbocycles. The van der Waals surface area contributed by atoms with Crippen LogP contribution in [0.2, 0.25) is 0 Å². The zero-order chi connectivity index (χ0) is 24.4. The van der Waals surface area contributed by atoms with Gasteiger partial charge in [-0.1, -0.05) is 24.3 Å². The lowest BCUT2D eigenvalue weighted by atomic mass is 9.78. The fourth-order valence-electron chi connectivity index (χ4n) is 3.33. The molecule has 1 heterocycles. The highest BCUT2D eigenvalue weighted by atomic mass is 16.7. The molecule has 1 aliphatic heterocycles. The quantitative estimate of drug-likeness (QED) is 0.376. The molecule has 1 fully saturated rings. The molecule has 8 nitrogen and oxygen atoms in total. The van der Waals surface area contributed by atoms with Crippen LogP contribution in [0.1, 0.15) is 50.5 Å². The van der Waals surface area contributed by atoms with Gasteiger partial charge in [0, 0.05) is 18.9 Å². The first-order chi connectivity index (χ1) is 15.4. The second-order valence-corrected chi connectivity index (χ2v) is 9.08. The van der Waals surface area contributed by atoms with Gasteiger partial charge in [0.15, 0.2) is 0 Å². The van der Waals surface area contributed by atoms with Crippen LogP contribution >= 0.6 is 0 Å². The zero-order valence-corrected chi connectivity index (χ0v) is 19.5. The SMILES string of the molecule is CC(=O)Oc1ccc(C(=O)N[C@@H](Cc2ccc(B3OC(C)(C)C(C)(C)O3)cc2)C(N)=O)cc1. The molecular weight excluding hydrogens is 423 g/mol. The maximum Gasteiger partial charge on any atom is 0.494 e. The van der Waals surface area contributed by atoms with E-state index in [1.165, 1.54) is 31.2 Å². The number of esters is 1. The Kier molecular flexibility index (Phi) is 6.95. The van der Waals surface area contributed by atoms with E-state index in [-0.39, 0.29) is 6.42 Å². The smallest absolute Gasteiger partial charge is 0.427 e. The Morgan fingerprint density at radius 1 is 0.970 bits per heavy atom. The number of hydrogen-bond acceptors (Lipinski definition) is 6. The highest BCUT2D eigenvalue weighted by molar-refractivity contribution is 6.62. The van der Waals surface area contributed by atoms with E-state index < -0.39 is 42.1 Å². The van der Waals surface area contributed by atoms with Crippen molar-refractivity contribution in [2.24, 2.45) is 5.73 Å². The third-order valence-electron chi connectivity index (χ3n) is 5.97. The average Bonchev–Trinajstić information content (AvgIpc) is 2.95. The summed E-state index contributed by atoms with van der Waals surface area (Å²) in [7, 11) is -0.481. The summed E-state index contributed by atoms with van der Waals surface area (Å²) in [6, 6.07) is 12.6. The summed E-state index contributed by atoms with van der Waals surface area (Å²) in [4.78, 5) is 35.6. The van der Waals surface area contributed by atoms with Gasteiger partial charge in [0.25, 0.3) is 5.91 Å². The highest BCUT2D eigenvalue weighted by Gasteiger charge is 2.51. The number of nitrogens with one attached hydrogen (secondary N) is 1. The molecule has 0 spiro atoms. The van der Waals surface area contributed by atoms with Crippen molar-refractivity contribution in [2.45, 2.75) is 58.3 Å². The fraction of sp³-hybridized carbons (Fsp3) is 0.375. The van der Waals surface area contributed by atoms with E-state index in [1.54, 1.807) is 0 Å². The van der Waals surface area contributed by atoms with Crippen LogP contribution in [0.15, 0.2) is 48.5 Å². The molecule has 2 aromatic rings. The van der Waals surface area contributed by atoms with E-state index >= 15 is 0 Å². The Labute approximate surface area is 193 Å². The Morgan fingerprint density at radius 2 is 1.52 bits per heavy atom. The molecular formula is C24H29BN2O6. The second-order valence-electron chi connectivity index (χ2n) is 9.08. The minimum absolute atomic E-state index is 0.232. The number of carbonyl (C=O) groups excluding carboxylic acids is 3. The fourth-order valence-corrected chi connectivity index (χ4v) is 3.33. The third-order valence-corrected chi connectivity index (χ3v) is 5.97. The number of nitrogens with two attached hydrogens (primary N) is 1. The average molecular weight is 452 g/mol. The van der Waals surface area contributed by atoms with Crippen molar-refractivity contribution in [3.63, 3.8) is 0 Å². The van der Waals surface area contributed by atoms with Crippen molar-refractivity contribution in [1.82, 2.24) is 5.32 Å². The molecule has 1 saturated heterocycles. The van der Waals surface area contributed by atoms with Gasteiger partial charge in [0.05, 0.1) is 11.2 Å². The van der Waals surface area contributed by atoms with E-state index in [4.69, 9.17) is 19.8 Å². The molecule has 2 amide bonds. The lowest BCUT2D eigenvalue weighted by Crippen LogP contribution is -2.45. The minimum Gasteiger partial charge on any atom is -0.427 e. The molecule has 0 aromatic heterocycles. The maximum absolute atomic E-state index is 12.6. The highest BCUT2D eigenvalue weighted by Crippen LogP contribution is 2.36. The first-order valence-corrected chi connectivity index (χ1v) is 10.7. The topological polar surface area (TPSA) is 117 Å². The molecule has 1 aliphatic rings. The molecule has 0 bridgehead atoms. The maximum atomic E-state index is 12.6. The normalized spacial score (nSPS) is 17.3. The lowest BCUT2D eigenvalue weighted by Gasteiger charge is -2.32. The van der Waals surface area contributed by atoms with Gasteiger partial charge in [0.2, 0.25) is 5.91 Å². The van der Waals surface area contributed by atoms with E-state index in [2.05, 4.69) is 5.32 Å². The van der Waals surface area contributed by atoms with E-state index in [0.717, 1.165) is 11.0 Å². The molecule has 0 unspecified atom stereocenters. The number of primary amides is 1. The third kappa shape index (κ3) is 5.80. The van der Waals surface area contributed by atoms with Crippen LogP contribution in [0, 0.1) is 0 Å². The largest absolute Gasteiger partial charge is 0.494 e. The Bertz CT molecular complexity index is 1020. The van der Waals surface area contributed by atoms with Crippen LogP contribution < -0.4 is 21.3 Å². The van der Waals surface area contributed by atoms with Crippen LogP contribution in [0.25, 0.3) is 0 Å². The van der Waals surface area contributed by atoms with Crippen molar-refractivity contribution in [1.29, 1.82) is 0 Å². The predicted octanol–water partition coefficient (Wildman–Crippen LogP) is 1.74. The molecule has 3 N–H and O–H groups in total. The number of ether oxygens (including phenoxy) is 1. The molecule has 0 radical (unpaired) electrons. The predicted molar refractivity (Wildman–Crippen MR) is 124 cm³/mol. The minimum atomic E-state index is -0.895. The Hall–Kier alpha value is -3.17. The lowest BCUT2D eigenvalue weighted by molar-refractivity contribution is -0.131. The van der Waals surface area contributed by atoms with Crippen molar-refractivity contribution in [3.8, 4) is 5.75 Å². The van der Waals surface area contributed by atoms with Crippen molar-refractivity contribution in [3.05, 3.63) is 59.7 Å². The summed E-state index contributed by atoms with van der Waals surface area (Å²) in [6.07, 6.45) is 0.232. The number of hydrogen-bond donors (Lipinski definition) is 2. The first kappa shape index (κ1) is 24.5. The molecule has 1 atom stereocenters. The molecule has 0 aliphatic carbocycles. The van der Waals surface area contributed by atoms with Crippen LogP contribution in [0.3, 0.4) is 0 Å². The van der Waals surface area contributed by atoms with Gasteiger partial charge in [-0.05, 0) is 63.0 Å². The van der Waals surface area contributed by atoms with Crippen molar-refractivity contribution >= 4 is 30.4 Å². The van der Waals surface area contributed by atoms with Crippen LogP contribution in [0.4, 0.5) is 0 Å². The monoisotopic (exact) mass is 452 g/mol. The van der Waals surface area contributed by atoms with Crippen LogP contribution in [0.5, 0.6) is 5.75 Å². The summed E-state index contributed by atoms with van der Waals surface area (Å²) in [6.45, 7) is 9.26. The molecule has 33 heavy (non-hydrogen) atoms. The van der Waals surface area contributed by atoms with Gasteiger partial charge >= 0.3 is 13.1 Å². The van der Waals surface area contributed by atoms with Gasteiger partial charge in [-0.3, -0.25) is 14.4 Å². The molecule has 9 heteroatoms. The second kappa shape index (κ2) is 9.37. The van der Waals surface area contributed by atoms with Crippen molar-refractivity contribution < 1.29 is 28.4 Å². The number of amides is 2. The summed E-state index contributed by atoms with van der Waals surface area (Å²) >= 11 is 0. The van der Waals surface area contributed by atoms with Gasteiger partial charge in [-0.15, -0.1) is 0 Å². The zero-order valence-electron chi connectivity index (χ0n) is 19.5. The van der Waals surface area contributed by atoms with Gasteiger partial charge < -0.3 is 25.1 Å². The Balaban J connectivity index is 1.65. The molecule has 3 rings (SSSR count). The van der Waals surface area contributed by atoms with Crippen molar-refractivity contribution in [2.75, 3.05) is 0 Å². The van der Waals surface area contributed by atoms with E-state index in [9.17, 15) is 14.4 Å². The standard InChI is InChI=1S/C24H29BN2O6/c1-15(28)31-19-12-8-17(9-13-19)22(30)27-20(21(26)29)14-16-6-10-18(11-7-16)25-32-23(2,3)24(4,5)33-25/h6-13,20H,14H2,1-5H3,(H2,26,29)(H,27,30)/t20-/m0/s1. The number of benzene rings is 2. The van der Waals surface area contributed by atoms with Gasteiger partial charge in [-0.2, -0.15) is 0 Å². The number of carbonyl (C=O) groups is 3. The molecule has 174 valence electrons. The summed E-state index contributed by atoms with van der Waals surface area (Å²) in [5.41, 5.74) is 6.66. The molecule has 2 aromatic carbocycles. The number of rotatable bonds is 7. The van der Waals surface area contributed by atoms with E-state index in [1.807, 2.05) is 52.0 Å². The first-order valence-electron chi connectivity index (χ1n) is 10.7. The summed E-state index contributed by atoms with van der Waals surface area (Å²) < 4.78 is 17.1. The van der Waals surface area contributed by atoms with Gasteiger partial charge in [-0.25, -0.2) is 0 Å². The Morgan fingerprint density at radius 3 is 2.00 bits per heavy atom. The van der Waals surface area contributed by atoms with Crippen LogP contribution in [-0.2, 0) is 25.3 Å². The summed E-state index contributed by atoms with van der Waals surface area (Å²) in [5.74, 6) is -1.23. The van der Waals surface area contributed by atoms with Crippen LogP contribution in [-0.4, -0.2) is 42.1 Å². The summed E-state index contributed by atoms with van der Waals surface area (Å²) in [5, 5.41) is 2.66. The van der Waals surface area contributed by atoms with Gasteiger partial charge in [0.1, 0.15) is 11.8 Å². The van der Waals surface area contributed by atoms with E-state index in [0.29, 0.717) is 11.3 Å².